The van der Waals surface area contributed by atoms with Gasteiger partial charge in [-0.15, -0.1) is 0 Å². The molecule has 7 nitrogen and oxygen atoms in total. The third kappa shape index (κ3) is 6.78. The molecule has 41 heavy (non-hydrogen) atoms. The molecule has 0 saturated heterocycles. The molecule has 3 N–H and O–H groups in total. The lowest BCUT2D eigenvalue weighted by Gasteiger charge is -2.28. The molecular weight excluding hydrogens is 577 g/mol. The van der Waals surface area contributed by atoms with Gasteiger partial charge in [0.05, 0.1) is 56.5 Å². The predicted octanol–water partition coefficient (Wildman–Crippen LogP) is 7.22. The van der Waals surface area contributed by atoms with E-state index < -0.39 is 23.6 Å². The van der Waals surface area contributed by atoms with Gasteiger partial charge in [-0.2, -0.15) is 18.4 Å². The first-order valence-corrected chi connectivity index (χ1v) is 13.7. The van der Waals surface area contributed by atoms with E-state index in [2.05, 4.69) is 22.0 Å². The van der Waals surface area contributed by atoms with Crippen molar-refractivity contribution in [2.45, 2.75) is 32.4 Å². The Labute approximate surface area is 243 Å². The van der Waals surface area contributed by atoms with Gasteiger partial charge in [0.2, 0.25) is 5.91 Å². The van der Waals surface area contributed by atoms with Gasteiger partial charge in [-0.1, -0.05) is 48.5 Å². The number of nitriles is 1. The standard InChI is InChI=1S/C29H24ClF3N4O3S/c1-3-17-7-4-5-8-21(17)36-24(38)15-41-28-19(14-34)26(23-9-6-12-40-23)25(16(2)35-28)27(39)37-22-13-18(29(31,32)33)10-11-20(22)30/h4-13,26,35H,3,15H2,1-2H3,(H,36,38)(H,37,39). The number of allylic oxidation sites excluding steroid dienone is 2. The van der Waals surface area contributed by atoms with E-state index in [9.17, 15) is 28.0 Å². The Bertz CT molecular complexity index is 1580. The zero-order valence-electron chi connectivity index (χ0n) is 21.9. The molecule has 2 aromatic carbocycles. The maximum atomic E-state index is 13.5. The molecule has 4 rings (SSSR count). The molecule has 0 spiro atoms. The topological polar surface area (TPSA) is 107 Å². The van der Waals surface area contributed by atoms with Crippen molar-refractivity contribution in [2.24, 2.45) is 0 Å². The summed E-state index contributed by atoms with van der Waals surface area (Å²) in [6, 6.07) is 15.3. The predicted molar refractivity (Wildman–Crippen MR) is 152 cm³/mol. The van der Waals surface area contributed by atoms with E-state index in [-0.39, 0.29) is 39.3 Å². The number of rotatable bonds is 8. The summed E-state index contributed by atoms with van der Waals surface area (Å²) in [5, 5.41) is 18.7. The summed E-state index contributed by atoms with van der Waals surface area (Å²) in [6.07, 6.45) is -2.53. The number of para-hydroxylation sites is 1. The van der Waals surface area contributed by atoms with Crippen LogP contribution in [0.2, 0.25) is 5.02 Å². The van der Waals surface area contributed by atoms with Gasteiger partial charge in [-0.3, -0.25) is 9.59 Å². The van der Waals surface area contributed by atoms with E-state index >= 15 is 0 Å². The first-order chi connectivity index (χ1) is 19.5. The molecule has 212 valence electrons. The lowest BCUT2D eigenvalue weighted by atomic mass is 9.85. The Balaban J connectivity index is 1.61. The number of furan rings is 1. The van der Waals surface area contributed by atoms with Crippen molar-refractivity contribution in [1.82, 2.24) is 5.32 Å². The van der Waals surface area contributed by atoms with Crippen molar-refractivity contribution in [3.05, 3.63) is 105 Å². The Hall–Kier alpha value is -4.14. The van der Waals surface area contributed by atoms with E-state index in [1.807, 2.05) is 31.2 Å². The smallest absolute Gasteiger partial charge is 0.416 e. The average Bonchev–Trinajstić information content (AvgIpc) is 3.47. The minimum atomic E-state index is -4.64. The number of thioether (sulfide) groups is 1. The maximum Gasteiger partial charge on any atom is 0.416 e. The Morgan fingerprint density at radius 1 is 1.12 bits per heavy atom. The van der Waals surface area contributed by atoms with Gasteiger partial charge in [0, 0.05) is 11.4 Å². The number of hydrogen-bond donors (Lipinski definition) is 3. The summed E-state index contributed by atoms with van der Waals surface area (Å²) < 4.78 is 45.4. The zero-order valence-corrected chi connectivity index (χ0v) is 23.4. The fourth-order valence-electron chi connectivity index (χ4n) is 4.33. The second-order valence-electron chi connectivity index (χ2n) is 8.96. The van der Waals surface area contributed by atoms with E-state index in [0.717, 1.165) is 41.9 Å². The number of aryl methyl sites for hydroxylation is 1. The molecule has 2 amide bonds. The Kier molecular flexibility index (Phi) is 9.15. The highest BCUT2D eigenvalue weighted by Crippen LogP contribution is 2.42. The number of carbonyl (C=O) groups excluding carboxylic acids is 2. The highest BCUT2D eigenvalue weighted by molar-refractivity contribution is 8.03. The van der Waals surface area contributed by atoms with Crippen molar-refractivity contribution >= 4 is 46.6 Å². The van der Waals surface area contributed by atoms with E-state index in [1.165, 1.54) is 6.26 Å². The molecule has 1 aliphatic rings. The molecule has 2 heterocycles. The number of dihydropyridines is 1. The SMILES string of the molecule is CCc1ccccc1NC(=O)CSC1=C(C#N)C(c2ccco2)C(C(=O)Nc2cc(C(F)(F)F)ccc2Cl)=C(C)N1. The molecule has 1 aliphatic heterocycles. The van der Waals surface area contributed by atoms with Crippen LogP contribution in [0.1, 0.15) is 36.7 Å². The van der Waals surface area contributed by atoms with Crippen molar-refractivity contribution < 1.29 is 27.2 Å². The number of benzene rings is 2. The van der Waals surface area contributed by atoms with E-state index in [4.69, 9.17) is 16.0 Å². The van der Waals surface area contributed by atoms with Gasteiger partial charge >= 0.3 is 6.18 Å². The quantitative estimate of drug-likeness (QED) is 0.252. The summed E-state index contributed by atoms with van der Waals surface area (Å²) in [6.45, 7) is 3.57. The number of carbonyl (C=O) groups is 2. The normalized spacial score (nSPS) is 15.3. The van der Waals surface area contributed by atoms with Gasteiger partial charge in [0.15, 0.2) is 0 Å². The van der Waals surface area contributed by atoms with Crippen molar-refractivity contribution in [2.75, 3.05) is 16.4 Å². The highest BCUT2D eigenvalue weighted by Gasteiger charge is 2.37. The van der Waals surface area contributed by atoms with Crippen LogP contribution in [0.25, 0.3) is 0 Å². The number of amides is 2. The summed E-state index contributed by atoms with van der Waals surface area (Å²) in [7, 11) is 0. The molecule has 0 fully saturated rings. The van der Waals surface area contributed by atoms with Gasteiger partial charge < -0.3 is 20.4 Å². The molecule has 0 radical (unpaired) electrons. The number of nitrogens with zero attached hydrogens (tertiary/aromatic N) is 1. The van der Waals surface area contributed by atoms with Gasteiger partial charge in [-0.25, -0.2) is 0 Å². The molecule has 0 bridgehead atoms. The van der Waals surface area contributed by atoms with Gasteiger partial charge in [0.25, 0.3) is 5.91 Å². The van der Waals surface area contributed by atoms with Crippen molar-refractivity contribution in [3.63, 3.8) is 0 Å². The van der Waals surface area contributed by atoms with Crippen LogP contribution in [0.3, 0.4) is 0 Å². The first-order valence-electron chi connectivity index (χ1n) is 12.4. The number of hydrogen-bond acceptors (Lipinski definition) is 6. The highest BCUT2D eigenvalue weighted by atomic mass is 35.5. The van der Waals surface area contributed by atoms with Gasteiger partial charge in [-0.05, 0) is 55.3 Å². The molecule has 1 aromatic heterocycles. The summed E-state index contributed by atoms with van der Waals surface area (Å²) >= 11 is 7.17. The van der Waals surface area contributed by atoms with Crippen LogP contribution in [-0.4, -0.2) is 17.6 Å². The fourth-order valence-corrected chi connectivity index (χ4v) is 5.39. The lowest BCUT2D eigenvalue weighted by molar-refractivity contribution is -0.137. The van der Waals surface area contributed by atoms with Crippen LogP contribution in [0.5, 0.6) is 0 Å². The third-order valence-electron chi connectivity index (χ3n) is 6.28. The average molecular weight is 601 g/mol. The second kappa shape index (κ2) is 12.6. The van der Waals surface area contributed by atoms with Crippen molar-refractivity contribution in [3.8, 4) is 6.07 Å². The van der Waals surface area contributed by atoms with Crippen molar-refractivity contribution in [1.29, 1.82) is 5.26 Å². The Morgan fingerprint density at radius 3 is 2.54 bits per heavy atom. The van der Waals surface area contributed by atoms with Crippen LogP contribution in [0.15, 0.2) is 87.1 Å². The largest absolute Gasteiger partial charge is 0.468 e. The molecule has 0 saturated carbocycles. The second-order valence-corrected chi connectivity index (χ2v) is 10.4. The summed E-state index contributed by atoms with van der Waals surface area (Å²) in [5.74, 6) is -1.83. The Morgan fingerprint density at radius 2 is 1.88 bits per heavy atom. The van der Waals surface area contributed by atoms with Crippen LogP contribution >= 0.6 is 23.4 Å². The molecule has 1 unspecified atom stereocenters. The lowest BCUT2D eigenvalue weighted by Crippen LogP contribution is -2.31. The molecule has 1 atom stereocenters. The minimum absolute atomic E-state index is 0.0366. The maximum absolute atomic E-state index is 13.5. The molecule has 12 heteroatoms. The number of anilines is 2. The molecule has 0 aliphatic carbocycles. The number of halogens is 4. The van der Waals surface area contributed by atoms with Crippen LogP contribution < -0.4 is 16.0 Å². The van der Waals surface area contributed by atoms with Crippen LogP contribution in [0, 0.1) is 11.3 Å². The molecule has 3 aromatic rings. The minimum Gasteiger partial charge on any atom is -0.468 e. The summed E-state index contributed by atoms with van der Waals surface area (Å²) in [4.78, 5) is 26.3. The third-order valence-corrected chi connectivity index (χ3v) is 7.63. The number of alkyl halides is 3. The summed E-state index contributed by atoms with van der Waals surface area (Å²) in [5.41, 5.74) is 0.939. The van der Waals surface area contributed by atoms with E-state index in [0.29, 0.717) is 16.4 Å². The fraction of sp³-hybridized carbons (Fsp3) is 0.207. The van der Waals surface area contributed by atoms with Crippen LogP contribution in [-0.2, 0) is 22.2 Å². The monoisotopic (exact) mass is 600 g/mol. The first kappa shape index (κ1) is 29.8. The number of nitrogens with one attached hydrogen (secondary N) is 3. The van der Waals surface area contributed by atoms with Gasteiger partial charge in [0.1, 0.15) is 5.76 Å². The van der Waals surface area contributed by atoms with Crippen LogP contribution in [0.4, 0.5) is 24.5 Å². The zero-order chi connectivity index (χ0) is 29.7. The van der Waals surface area contributed by atoms with E-state index in [1.54, 1.807) is 19.1 Å². The molecular formula is C29H24ClF3N4O3S.